The molecule has 2 heteroatoms. The molecule has 2 aliphatic rings. The molecule has 1 heterocycles. The van der Waals surface area contributed by atoms with E-state index >= 15 is 0 Å². The molecule has 0 bridgehead atoms. The van der Waals surface area contributed by atoms with Crippen LogP contribution >= 0.6 is 0 Å². The largest absolute Gasteiger partial charge is 0.317 e. The molecule has 90 valence electrons. The summed E-state index contributed by atoms with van der Waals surface area (Å²) in [5.41, 5.74) is 3.22. The third-order valence-electron chi connectivity index (χ3n) is 4.19. The van der Waals surface area contributed by atoms with E-state index in [1.807, 2.05) is 13.8 Å². The summed E-state index contributed by atoms with van der Waals surface area (Å²) in [5.74, 6) is 0.260. The molecule has 1 aliphatic heterocycles. The van der Waals surface area contributed by atoms with E-state index < -0.39 is 0 Å². The van der Waals surface area contributed by atoms with Crippen LogP contribution in [0, 0.1) is 5.41 Å². The van der Waals surface area contributed by atoms with Crippen LogP contribution < -0.4 is 5.32 Å². The third kappa shape index (κ3) is 2.15. The van der Waals surface area contributed by atoms with Gasteiger partial charge in [-0.2, -0.15) is 0 Å². The summed E-state index contributed by atoms with van der Waals surface area (Å²) in [6, 6.07) is 8.69. The van der Waals surface area contributed by atoms with Gasteiger partial charge in [0.2, 0.25) is 0 Å². The highest BCUT2D eigenvalue weighted by atomic mass is 14.9. The fourth-order valence-corrected chi connectivity index (χ4v) is 3.23. The monoisotopic (exact) mass is 227 g/mol. The van der Waals surface area contributed by atoms with Gasteiger partial charge in [0.1, 0.15) is 0 Å². The maximum Gasteiger partial charge on any atom is 0.0771 e. The lowest BCUT2D eigenvalue weighted by atomic mass is 9.61. The second-order valence-corrected chi connectivity index (χ2v) is 4.97. The highest BCUT2D eigenvalue weighted by Gasteiger charge is 2.43. The van der Waals surface area contributed by atoms with Gasteiger partial charge in [-0.15, -0.1) is 0 Å². The molecule has 2 radical (unpaired) electrons. The first-order valence-corrected chi connectivity index (χ1v) is 6.86. The van der Waals surface area contributed by atoms with E-state index in [1.165, 1.54) is 30.4 Å². The Hall–Kier alpha value is -0.755. The van der Waals surface area contributed by atoms with Crippen LogP contribution in [0.2, 0.25) is 0 Å². The first-order valence-electron chi connectivity index (χ1n) is 6.86. The standard InChI is InChI=1S/C13H16BN.C2H6/c14-12-11-4-2-1-3-10(11)9-13(12)5-7-15-8-6-13;1-2/h1-4,12,15H,5-9H2;1-2H3. The molecule has 0 amide bonds. The Kier molecular flexibility index (Phi) is 3.93. The number of piperidine rings is 1. The predicted octanol–water partition coefficient (Wildman–Crippen LogP) is 2.85. The van der Waals surface area contributed by atoms with Crippen molar-refractivity contribution in [2.45, 2.75) is 38.9 Å². The lowest BCUT2D eigenvalue weighted by Crippen LogP contribution is -2.39. The predicted molar refractivity (Wildman–Crippen MR) is 74.5 cm³/mol. The van der Waals surface area contributed by atoms with Crippen molar-refractivity contribution in [1.82, 2.24) is 5.32 Å². The molecule has 1 nitrogen and oxygen atoms in total. The molecule has 1 saturated heterocycles. The van der Waals surface area contributed by atoms with Crippen molar-refractivity contribution in [2.75, 3.05) is 13.1 Å². The molecule has 1 fully saturated rings. The van der Waals surface area contributed by atoms with Crippen molar-refractivity contribution >= 4 is 7.85 Å². The van der Waals surface area contributed by atoms with Crippen LogP contribution in [0.4, 0.5) is 0 Å². The summed E-state index contributed by atoms with van der Waals surface area (Å²) in [4.78, 5) is 0. The Bertz CT molecular complexity index is 369. The average Bonchev–Trinajstić information content (AvgIpc) is 2.67. The van der Waals surface area contributed by atoms with Crippen LogP contribution in [-0.2, 0) is 6.42 Å². The lowest BCUT2D eigenvalue weighted by molar-refractivity contribution is 0.208. The van der Waals surface area contributed by atoms with Crippen molar-refractivity contribution in [2.24, 2.45) is 5.41 Å². The van der Waals surface area contributed by atoms with Gasteiger partial charge in [-0.25, -0.2) is 0 Å². The first kappa shape index (κ1) is 12.7. The van der Waals surface area contributed by atoms with Crippen LogP contribution in [0.3, 0.4) is 0 Å². The van der Waals surface area contributed by atoms with Gasteiger partial charge < -0.3 is 5.32 Å². The Morgan fingerprint density at radius 1 is 1.18 bits per heavy atom. The molecule has 1 aliphatic carbocycles. The normalized spacial score (nSPS) is 24.9. The van der Waals surface area contributed by atoms with Crippen LogP contribution in [0.25, 0.3) is 0 Å². The molecule has 0 saturated carbocycles. The summed E-state index contributed by atoms with van der Waals surface area (Å²) in [6.45, 7) is 6.25. The summed E-state index contributed by atoms with van der Waals surface area (Å²) in [6.07, 6.45) is 3.64. The van der Waals surface area contributed by atoms with E-state index in [2.05, 4.69) is 29.6 Å². The molecule has 0 aromatic heterocycles. The maximum atomic E-state index is 6.43. The van der Waals surface area contributed by atoms with Gasteiger partial charge in [-0.1, -0.05) is 38.1 Å². The molecular formula is C15H22BN. The van der Waals surface area contributed by atoms with Crippen LogP contribution in [-0.4, -0.2) is 20.9 Å². The number of fused-ring (bicyclic) bond motifs is 1. The van der Waals surface area contributed by atoms with Crippen molar-refractivity contribution in [3.05, 3.63) is 35.4 Å². The van der Waals surface area contributed by atoms with Gasteiger partial charge in [0.15, 0.2) is 0 Å². The first-order chi connectivity index (χ1) is 8.32. The van der Waals surface area contributed by atoms with E-state index in [9.17, 15) is 0 Å². The third-order valence-corrected chi connectivity index (χ3v) is 4.19. The highest BCUT2D eigenvalue weighted by Crippen LogP contribution is 2.50. The second-order valence-electron chi connectivity index (χ2n) is 4.97. The quantitative estimate of drug-likeness (QED) is 0.672. The number of benzene rings is 1. The van der Waals surface area contributed by atoms with E-state index in [0.717, 1.165) is 13.1 Å². The molecular weight excluding hydrogens is 205 g/mol. The smallest absolute Gasteiger partial charge is 0.0771 e. The molecule has 17 heavy (non-hydrogen) atoms. The van der Waals surface area contributed by atoms with E-state index in [1.54, 1.807) is 0 Å². The highest BCUT2D eigenvalue weighted by molar-refractivity contribution is 6.13. The van der Waals surface area contributed by atoms with Gasteiger partial charge in [0.05, 0.1) is 7.85 Å². The topological polar surface area (TPSA) is 12.0 Å². The van der Waals surface area contributed by atoms with Gasteiger partial charge in [-0.3, -0.25) is 0 Å². The van der Waals surface area contributed by atoms with Gasteiger partial charge >= 0.3 is 0 Å². The van der Waals surface area contributed by atoms with E-state index in [4.69, 9.17) is 7.85 Å². The molecule has 3 rings (SSSR count). The van der Waals surface area contributed by atoms with Gasteiger partial charge in [-0.05, 0) is 54.7 Å². The number of rotatable bonds is 0. The zero-order valence-electron chi connectivity index (χ0n) is 11.0. The molecule has 1 aromatic rings. The lowest BCUT2D eigenvalue weighted by Gasteiger charge is -2.38. The summed E-state index contributed by atoms with van der Waals surface area (Å²) in [5, 5.41) is 3.43. The van der Waals surface area contributed by atoms with E-state index in [0.29, 0.717) is 5.41 Å². The van der Waals surface area contributed by atoms with Crippen LogP contribution in [0.5, 0.6) is 0 Å². The van der Waals surface area contributed by atoms with Gasteiger partial charge in [0, 0.05) is 0 Å². The van der Waals surface area contributed by atoms with E-state index in [-0.39, 0.29) is 5.82 Å². The Morgan fingerprint density at radius 3 is 2.47 bits per heavy atom. The van der Waals surface area contributed by atoms with Crippen molar-refractivity contribution in [1.29, 1.82) is 0 Å². The SMILES string of the molecule is CC.[B]C1c2ccccc2CC12CCNCC2. The minimum absolute atomic E-state index is 0.260. The molecule has 1 unspecified atom stereocenters. The number of nitrogens with one attached hydrogen (secondary N) is 1. The Balaban J connectivity index is 0.000000514. The zero-order chi connectivity index (χ0) is 12.3. The zero-order valence-corrected chi connectivity index (χ0v) is 11.0. The average molecular weight is 227 g/mol. The fourth-order valence-electron chi connectivity index (χ4n) is 3.23. The summed E-state index contributed by atoms with van der Waals surface area (Å²) >= 11 is 0. The summed E-state index contributed by atoms with van der Waals surface area (Å²) < 4.78 is 0. The van der Waals surface area contributed by atoms with Crippen molar-refractivity contribution < 1.29 is 0 Å². The minimum Gasteiger partial charge on any atom is -0.317 e. The Morgan fingerprint density at radius 2 is 1.82 bits per heavy atom. The Labute approximate surface area is 106 Å². The van der Waals surface area contributed by atoms with Gasteiger partial charge in [0.25, 0.3) is 0 Å². The second kappa shape index (κ2) is 5.26. The van der Waals surface area contributed by atoms with Crippen LogP contribution in [0.15, 0.2) is 24.3 Å². The maximum absolute atomic E-state index is 6.43. The number of hydrogen-bond acceptors (Lipinski definition) is 1. The minimum atomic E-state index is 0.260. The molecule has 1 N–H and O–H groups in total. The molecule has 1 atom stereocenters. The van der Waals surface area contributed by atoms with Crippen molar-refractivity contribution in [3.63, 3.8) is 0 Å². The molecule has 1 aromatic carbocycles. The van der Waals surface area contributed by atoms with Crippen LogP contribution in [0.1, 0.15) is 43.6 Å². The summed E-state index contributed by atoms with van der Waals surface area (Å²) in [7, 11) is 6.43. The van der Waals surface area contributed by atoms with Crippen molar-refractivity contribution in [3.8, 4) is 0 Å². The molecule has 1 spiro atoms. The number of hydrogen-bond donors (Lipinski definition) is 1. The fraction of sp³-hybridized carbons (Fsp3) is 0.600.